The molecule has 3 aromatic carbocycles. The molecule has 4 heterocycles. The van der Waals surface area contributed by atoms with E-state index in [4.69, 9.17) is 14.2 Å². The van der Waals surface area contributed by atoms with Crippen LogP contribution in [0.4, 0.5) is 11.4 Å². The van der Waals surface area contributed by atoms with Crippen molar-refractivity contribution in [2.24, 2.45) is 0 Å². The molecule has 12 nitrogen and oxygen atoms in total. The number of hydrogen-bond donors (Lipinski definition) is 0. The van der Waals surface area contributed by atoms with E-state index in [2.05, 4.69) is 95.3 Å². The van der Waals surface area contributed by atoms with Gasteiger partial charge in [-0.05, 0) is 87.7 Å². The molecule has 12 heteroatoms. The molecule has 262 valence electrons. The summed E-state index contributed by atoms with van der Waals surface area (Å²) >= 11 is 0. The number of rotatable bonds is 11. The summed E-state index contributed by atoms with van der Waals surface area (Å²) in [6.45, 7) is 15.1. The van der Waals surface area contributed by atoms with Crippen LogP contribution in [0, 0.1) is 20.8 Å². The van der Waals surface area contributed by atoms with E-state index in [1.54, 1.807) is 32.8 Å². The molecule has 50 heavy (non-hydrogen) atoms. The third-order valence-electron chi connectivity index (χ3n) is 9.89. The number of benzene rings is 3. The fourth-order valence-corrected chi connectivity index (χ4v) is 6.97. The van der Waals surface area contributed by atoms with Crippen LogP contribution in [0.1, 0.15) is 48.6 Å². The lowest BCUT2D eigenvalue weighted by Crippen LogP contribution is -2.46. The smallest absolute Gasteiger partial charge is 0.350 e. The molecular formula is C38H46N8O4. The Kier molecular flexibility index (Phi) is 9.48. The van der Waals surface area contributed by atoms with Gasteiger partial charge < -0.3 is 24.0 Å². The zero-order valence-corrected chi connectivity index (χ0v) is 29.5. The minimum atomic E-state index is -0.994. The van der Waals surface area contributed by atoms with Gasteiger partial charge in [0.1, 0.15) is 31.3 Å². The minimum Gasteiger partial charge on any atom is -0.491 e. The lowest BCUT2D eigenvalue weighted by atomic mass is 9.98. The fourth-order valence-electron chi connectivity index (χ4n) is 6.97. The van der Waals surface area contributed by atoms with E-state index < -0.39 is 5.79 Å². The molecule has 0 N–H and O–H groups in total. The quantitative estimate of drug-likeness (QED) is 0.187. The van der Waals surface area contributed by atoms with Crippen LogP contribution in [0.2, 0.25) is 0 Å². The topological polar surface area (TPSA) is 105 Å². The zero-order valence-electron chi connectivity index (χ0n) is 29.5. The lowest BCUT2D eigenvalue weighted by molar-refractivity contribution is -0.192. The second-order valence-corrected chi connectivity index (χ2v) is 13.4. The van der Waals surface area contributed by atoms with Gasteiger partial charge in [0, 0.05) is 43.1 Å². The van der Waals surface area contributed by atoms with Gasteiger partial charge in [-0.25, -0.2) is 14.0 Å². The van der Waals surface area contributed by atoms with E-state index in [0.29, 0.717) is 19.8 Å². The van der Waals surface area contributed by atoms with Gasteiger partial charge in [0.25, 0.3) is 0 Å². The Morgan fingerprint density at radius 3 is 2.30 bits per heavy atom. The number of piperazine rings is 1. The Morgan fingerprint density at radius 1 is 0.880 bits per heavy atom. The van der Waals surface area contributed by atoms with Gasteiger partial charge >= 0.3 is 5.69 Å². The van der Waals surface area contributed by atoms with E-state index in [9.17, 15) is 4.79 Å². The third kappa shape index (κ3) is 6.77. The van der Waals surface area contributed by atoms with Crippen molar-refractivity contribution in [1.82, 2.24) is 29.3 Å². The SMILES string of the molecule is CCC(C)n1ncn(-c2ccc(N3CCN(c4ccc(OC[C@@H]5CO[C@@](Cn6nccn6)(c6ccc(C)cc6C)O5)cc4C)CC3)cc2)c1=O. The van der Waals surface area contributed by atoms with Crippen LogP contribution >= 0.6 is 0 Å². The van der Waals surface area contributed by atoms with E-state index in [1.807, 2.05) is 25.1 Å². The van der Waals surface area contributed by atoms with Gasteiger partial charge in [-0.15, -0.1) is 0 Å². The number of ether oxygens (including phenoxy) is 3. The maximum absolute atomic E-state index is 12.8. The predicted octanol–water partition coefficient (Wildman–Crippen LogP) is 5.20. The third-order valence-corrected chi connectivity index (χ3v) is 9.89. The van der Waals surface area contributed by atoms with Crippen molar-refractivity contribution >= 4 is 11.4 Å². The normalized spacial score (nSPS) is 20.0. The average Bonchev–Trinajstić information content (AvgIpc) is 3.88. The summed E-state index contributed by atoms with van der Waals surface area (Å²) in [6, 6.07) is 20.8. The number of hydrogen-bond acceptors (Lipinski definition) is 9. The molecule has 2 fully saturated rings. The molecule has 1 unspecified atom stereocenters. The van der Waals surface area contributed by atoms with Gasteiger partial charge in [0.2, 0.25) is 5.79 Å². The molecular weight excluding hydrogens is 632 g/mol. The van der Waals surface area contributed by atoms with Crippen molar-refractivity contribution in [1.29, 1.82) is 0 Å². The first-order valence-electron chi connectivity index (χ1n) is 17.5. The second kappa shape index (κ2) is 14.1. The molecule has 5 aromatic rings. The summed E-state index contributed by atoms with van der Waals surface area (Å²) < 4.78 is 22.4. The molecule has 0 amide bonds. The largest absolute Gasteiger partial charge is 0.491 e. The minimum absolute atomic E-state index is 0.0699. The fraction of sp³-hybridized carbons (Fsp3) is 0.421. The Labute approximate surface area is 292 Å². The molecule has 0 saturated carbocycles. The van der Waals surface area contributed by atoms with Crippen LogP contribution < -0.4 is 20.2 Å². The van der Waals surface area contributed by atoms with Crippen LogP contribution in [0.15, 0.2) is 84.2 Å². The number of aromatic nitrogens is 6. The Balaban J connectivity index is 0.947. The monoisotopic (exact) mass is 678 g/mol. The second-order valence-electron chi connectivity index (χ2n) is 13.4. The summed E-state index contributed by atoms with van der Waals surface area (Å²) in [6.07, 6.45) is 5.53. The highest BCUT2D eigenvalue weighted by atomic mass is 16.8. The van der Waals surface area contributed by atoms with Crippen LogP contribution in [0.5, 0.6) is 5.75 Å². The van der Waals surface area contributed by atoms with Crippen LogP contribution in [-0.2, 0) is 21.8 Å². The summed E-state index contributed by atoms with van der Waals surface area (Å²) in [5.41, 5.74) is 7.51. The summed E-state index contributed by atoms with van der Waals surface area (Å²) in [7, 11) is 0. The van der Waals surface area contributed by atoms with Gasteiger partial charge in [-0.2, -0.15) is 20.1 Å². The molecule has 2 aromatic heterocycles. The highest BCUT2D eigenvalue weighted by Gasteiger charge is 2.45. The first-order chi connectivity index (χ1) is 24.2. The molecule has 7 rings (SSSR count). The van der Waals surface area contributed by atoms with Crippen molar-refractivity contribution in [2.75, 3.05) is 49.2 Å². The van der Waals surface area contributed by atoms with Crippen LogP contribution in [0.3, 0.4) is 0 Å². The van der Waals surface area contributed by atoms with Crippen molar-refractivity contribution in [2.45, 2.75) is 65.5 Å². The Bertz CT molecular complexity index is 1960. The lowest BCUT2D eigenvalue weighted by Gasteiger charge is -2.38. The van der Waals surface area contributed by atoms with Gasteiger partial charge in [-0.1, -0.05) is 30.7 Å². The summed E-state index contributed by atoms with van der Waals surface area (Å²) in [5.74, 6) is -0.189. The number of anilines is 2. The van der Waals surface area contributed by atoms with Crippen molar-refractivity contribution in [3.05, 3.63) is 112 Å². The maximum Gasteiger partial charge on any atom is 0.350 e. The average molecular weight is 679 g/mol. The van der Waals surface area contributed by atoms with Gasteiger partial charge in [-0.3, -0.25) is 0 Å². The highest BCUT2D eigenvalue weighted by molar-refractivity contribution is 5.58. The van der Waals surface area contributed by atoms with E-state index in [0.717, 1.165) is 60.9 Å². The number of aryl methyl sites for hydroxylation is 3. The van der Waals surface area contributed by atoms with E-state index in [-0.39, 0.29) is 17.8 Å². The van der Waals surface area contributed by atoms with Crippen molar-refractivity contribution in [3.63, 3.8) is 0 Å². The molecule has 2 aliphatic rings. The summed E-state index contributed by atoms with van der Waals surface area (Å²) in [4.78, 5) is 19.3. The molecule has 0 spiro atoms. The molecule has 0 bridgehead atoms. The first-order valence-corrected chi connectivity index (χ1v) is 17.5. The van der Waals surface area contributed by atoms with Crippen molar-refractivity contribution in [3.8, 4) is 11.4 Å². The summed E-state index contributed by atoms with van der Waals surface area (Å²) in [5, 5.41) is 12.9. The number of nitrogens with zero attached hydrogens (tertiary/aromatic N) is 8. The van der Waals surface area contributed by atoms with E-state index in [1.165, 1.54) is 16.8 Å². The molecule has 2 saturated heterocycles. The Hall–Kier alpha value is -4.94. The molecule has 3 atom stereocenters. The van der Waals surface area contributed by atoms with Crippen LogP contribution in [-0.4, -0.2) is 74.8 Å². The first kappa shape index (κ1) is 33.6. The standard InChI is InChI=1S/C38H46N8O4/c1-6-30(5)46-37(47)44(26-41-46)32-10-8-31(9-11-32)42-17-19-43(20-18-42)36-14-12-33(22-29(36)4)48-23-34-24-49-38(50-34,25-45-39-15-16-40-45)35-13-7-27(2)21-28(35)3/h7-16,21-22,26,30,34H,6,17-20,23-25H2,1-5H3/t30?,34-,38-/m1/s1. The molecule has 0 aliphatic carbocycles. The predicted molar refractivity (Wildman–Crippen MR) is 192 cm³/mol. The van der Waals surface area contributed by atoms with Gasteiger partial charge in [0.05, 0.1) is 30.7 Å². The molecule has 2 aliphatic heterocycles. The van der Waals surface area contributed by atoms with Gasteiger partial charge in [0.15, 0.2) is 0 Å². The van der Waals surface area contributed by atoms with E-state index >= 15 is 0 Å². The Morgan fingerprint density at radius 2 is 1.60 bits per heavy atom. The van der Waals surface area contributed by atoms with Crippen LogP contribution in [0.25, 0.3) is 5.69 Å². The van der Waals surface area contributed by atoms with Crippen molar-refractivity contribution < 1.29 is 14.2 Å². The maximum atomic E-state index is 12.8. The molecule has 0 radical (unpaired) electrons. The highest BCUT2D eigenvalue weighted by Crippen LogP contribution is 2.38. The zero-order chi connectivity index (χ0) is 34.8.